The summed E-state index contributed by atoms with van der Waals surface area (Å²) in [7, 11) is 1.67. The number of ether oxygens (including phenoxy) is 2. The van der Waals surface area contributed by atoms with Crippen LogP contribution in [0.15, 0.2) is 119 Å². The number of benzene rings is 4. The molecule has 0 bridgehead atoms. The van der Waals surface area contributed by atoms with Crippen LogP contribution in [0.5, 0.6) is 17.2 Å². The number of carbonyl (C=O) groups excluding carboxylic acids is 2. The van der Waals surface area contributed by atoms with Gasteiger partial charge >= 0.3 is 0 Å². The summed E-state index contributed by atoms with van der Waals surface area (Å²) in [6.45, 7) is 8.85. The third kappa shape index (κ3) is 10.8. The average molecular weight is 711 g/mol. The molecule has 0 aliphatic rings. The van der Waals surface area contributed by atoms with E-state index in [-0.39, 0.29) is 18.0 Å². The zero-order valence-corrected chi connectivity index (χ0v) is 30.6. The van der Waals surface area contributed by atoms with Gasteiger partial charge in [0.1, 0.15) is 18.1 Å². The van der Waals surface area contributed by atoms with E-state index in [1.54, 1.807) is 94.1 Å². The number of thioether (sulfide) groups is 1. The van der Waals surface area contributed by atoms with Crippen molar-refractivity contribution in [3.63, 3.8) is 0 Å². The monoisotopic (exact) mass is 710 g/mol. The van der Waals surface area contributed by atoms with E-state index in [0.717, 1.165) is 0 Å². The van der Waals surface area contributed by atoms with Gasteiger partial charge in [-0.25, -0.2) is 9.40 Å². The van der Waals surface area contributed by atoms with Gasteiger partial charge in [0, 0.05) is 52.6 Å². The van der Waals surface area contributed by atoms with Crippen LogP contribution >= 0.6 is 11.8 Å². The lowest BCUT2D eigenvalue weighted by atomic mass is 10.1. The van der Waals surface area contributed by atoms with Crippen LogP contribution < -0.4 is 19.8 Å². The number of hydrogen-bond acceptors (Lipinski definition) is 8. The molecular weight excluding hydrogens is 668 g/mol. The predicted molar refractivity (Wildman–Crippen MR) is 203 cm³/mol. The fraction of sp³-hybridized carbons (Fsp3) is 0.225. The van der Waals surface area contributed by atoms with Gasteiger partial charge in [-0.1, -0.05) is 35.9 Å². The molecule has 9 nitrogen and oxygen atoms in total. The number of rotatable bonds is 12. The summed E-state index contributed by atoms with van der Waals surface area (Å²) in [5, 5.41) is 16.2. The molecule has 1 heterocycles. The molecular formula is C40H43FN4O5S. The summed E-state index contributed by atoms with van der Waals surface area (Å²) in [6, 6.07) is 28.5. The number of halogens is 1. The van der Waals surface area contributed by atoms with Crippen LogP contribution in [-0.2, 0) is 9.59 Å². The first-order valence-corrected chi connectivity index (χ1v) is 17.4. The largest absolute Gasteiger partial charge is 0.491 e. The molecule has 51 heavy (non-hydrogen) atoms. The number of nitrogens with zero attached hydrogens (tertiary/aromatic N) is 3. The van der Waals surface area contributed by atoms with Gasteiger partial charge in [-0.15, -0.1) is 11.8 Å². The SMILES string of the molecule is C/C(C(=O)Nc1ccc(Oc2ccnc3cc(OCC(C)(C)O)ccc23)c(F)c1)=C(/C)N(C)N(C=O)c1ccccc1.CSc1ccc(C)cc1. The summed E-state index contributed by atoms with van der Waals surface area (Å²) in [5.74, 6) is -0.232. The number of carbonyl (C=O) groups is 2. The summed E-state index contributed by atoms with van der Waals surface area (Å²) in [6.07, 6.45) is 4.29. The number of pyridine rings is 1. The van der Waals surface area contributed by atoms with Crippen molar-refractivity contribution in [3.05, 3.63) is 126 Å². The minimum Gasteiger partial charge on any atom is -0.491 e. The molecule has 4 aromatic carbocycles. The molecule has 0 unspecified atom stereocenters. The zero-order valence-electron chi connectivity index (χ0n) is 29.8. The van der Waals surface area contributed by atoms with E-state index < -0.39 is 17.3 Å². The lowest BCUT2D eigenvalue weighted by Crippen LogP contribution is -2.38. The number of fused-ring (bicyclic) bond motifs is 1. The van der Waals surface area contributed by atoms with Gasteiger partial charge in [0.25, 0.3) is 5.91 Å². The van der Waals surface area contributed by atoms with Gasteiger partial charge in [0.05, 0.1) is 16.8 Å². The Balaban J connectivity index is 0.000000563. The summed E-state index contributed by atoms with van der Waals surface area (Å²) >= 11 is 1.78. The summed E-state index contributed by atoms with van der Waals surface area (Å²) < 4.78 is 26.6. The molecule has 5 aromatic rings. The van der Waals surface area contributed by atoms with Gasteiger partial charge in [-0.2, -0.15) is 0 Å². The number of nitrogens with one attached hydrogen (secondary N) is 1. The maximum Gasteiger partial charge on any atom is 0.253 e. The van der Waals surface area contributed by atoms with Crippen LogP contribution in [-0.4, -0.2) is 52.9 Å². The topological polar surface area (TPSA) is 104 Å². The zero-order chi connectivity index (χ0) is 37.1. The predicted octanol–water partition coefficient (Wildman–Crippen LogP) is 8.78. The second-order valence-electron chi connectivity index (χ2n) is 12.3. The van der Waals surface area contributed by atoms with Crippen molar-refractivity contribution in [2.45, 2.75) is 45.1 Å². The number of hydrazine groups is 1. The molecule has 0 saturated heterocycles. The quantitative estimate of drug-likeness (QED) is 0.0574. The van der Waals surface area contributed by atoms with E-state index in [1.165, 1.54) is 33.7 Å². The van der Waals surface area contributed by atoms with Crippen molar-refractivity contribution in [3.8, 4) is 17.2 Å². The number of allylic oxidation sites excluding steroid dienone is 1. The Morgan fingerprint density at radius 2 is 1.69 bits per heavy atom. The Hall–Kier alpha value is -5.39. The molecule has 0 spiro atoms. The van der Waals surface area contributed by atoms with Gasteiger partial charge in [-0.3, -0.25) is 19.6 Å². The van der Waals surface area contributed by atoms with Gasteiger partial charge in [-0.05, 0) is 95.5 Å². The number of aliphatic hydroxyl groups is 1. The fourth-order valence-electron chi connectivity index (χ4n) is 4.67. The van der Waals surface area contributed by atoms with Crippen molar-refractivity contribution < 1.29 is 28.6 Å². The van der Waals surface area contributed by atoms with Crippen LogP contribution in [0.3, 0.4) is 0 Å². The maximum absolute atomic E-state index is 15.1. The number of amides is 2. The molecule has 0 radical (unpaired) electrons. The minimum atomic E-state index is -0.986. The molecule has 266 valence electrons. The highest BCUT2D eigenvalue weighted by Gasteiger charge is 2.18. The molecule has 0 fully saturated rings. The number of aryl methyl sites for hydroxylation is 1. The Morgan fingerprint density at radius 3 is 2.31 bits per heavy atom. The first-order chi connectivity index (χ1) is 24.3. The summed E-state index contributed by atoms with van der Waals surface area (Å²) in [5.41, 5.74) is 2.67. The average Bonchev–Trinajstić information content (AvgIpc) is 3.12. The van der Waals surface area contributed by atoms with Gasteiger partial charge in [0.2, 0.25) is 6.41 Å². The molecule has 5 rings (SSSR count). The van der Waals surface area contributed by atoms with Crippen LogP contribution in [0.25, 0.3) is 10.9 Å². The van der Waals surface area contributed by atoms with E-state index in [4.69, 9.17) is 9.47 Å². The lowest BCUT2D eigenvalue weighted by molar-refractivity contribution is -0.113. The van der Waals surface area contributed by atoms with Crippen molar-refractivity contribution >= 4 is 46.4 Å². The second-order valence-corrected chi connectivity index (χ2v) is 13.2. The maximum atomic E-state index is 15.1. The molecule has 1 aromatic heterocycles. The molecule has 11 heteroatoms. The number of para-hydroxylation sites is 1. The highest BCUT2D eigenvalue weighted by Crippen LogP contribution is 2.33. The third-order valence-corrected chi connectivity index (χ3v) is 8.49. The van der Waals surface area contributed by atoms with Crippen molar-refractivity contribution in [1.29, 1.82) is 0 Å². The Labute approximate surface area is 302 Å². The fourth-order valence-corrected chi connectivity index (χ4v) is 5.08. The molecule has 0 aliphatic heterocycles. The normalized spacial score (nSPS) is 11.5. The Morgan fingerprint density at radius 1 is 0.980 bits per heavy atom. The molecule has 2 amide bonds. The summed E-state index contributed by atoms with van der Waals surface area (Å²) in [4.78, 5) is 30.4. The third-order valence-electron chi connectivity index (χ3n) is 7.75. The minimum absolute atomic E-state index is 0.0319. The standard InChI is InChI=1S/C32H33FN4O5.C8H10S/c1-21(22(2)36(5)37(20-38)24-9-7-6-8-10-24)31(39)35-23-11-14-30(27(33)17-23)42-29-15-16-34-28-18-25(12-13-26(28)29)41-19-32(3,4)40;1-7-3-5-8(9-2)6-4-7/h6-18,20,40H,19H2,1-5H3,(H,35,39);3-6H,1-2H3/b22-21+;. The van der Waals surface area contributed by atoms with Crippen LogP contribution in [0.2, 0.25) is 0 Å². The van der Waals surface area contributed by atoms with Gasteiger partial charge in [0.15, 0.2) is 11.6 Å². The number of aromatic nitrogens is 1. The molecule has 0 saturated carbocycles. The highest BCUT2D eigenvalue weighted by atomic mass is 32.2. The molecule has 0 aliphatic carbocycles. The van der Waals surface area contributed by atoms with E-state index in [1.807, 2.05) is 18.2 Å². The van der Waals surface area contributed by atoms with Crippen LogP contribution in [0.4, 0.5) is 15.8 Å². The first kappa shape index (κ1) is 38.4. The number of hydrogen-bond donors (Lipinski definition) is 2. The van der Waals surface area contributed by atoms with E-state index in [2.05, 4.69) is 47.7 Å². The van der Waals surface area contributed by atoms with Crippen LogP contribution in [0.1, 0.15) is 33.3 Å². The first-order valence-electron chi connectivity index (χ1n) is 16.1. The van der Waals surface area contributed by atoms with E-state index in [9.17, 15) is 14.7 Å². The van der Waals surface area contributed by atoms with E-state index >= 15 is 4.39 Å². The van der Waals surface area contributed by atoms with Crippen molar-refractivity contribution in [2.75, 3.05) is 30.2 Å². The van der Waals surface area contributed by atoms with Gasteiger partial charge < -0.3 is 19.9 Å². The molecule has 0 atom stereocenters. The second kappa shape index (κ2) is 17.5. The molecule has 2 N–H and O–H groups in total. The highest BCUT2D eigenvalue weighted by molar-refractivity contribution is 7.98. The number of anilines is 2. The Bertz CT molecular complexity index is 1980. The van der Waals surface area contributed by atoms with Crippen LogP contribution in [0, 0.1) is 12.7 Å². The van der Waals surface area contributed by atoms with Crippen molar-refractivity contribution in [1.82, 2.24) is 9.99 Å². The van der Waals surface area contributed by atoms with E-state index in [0.29, 0.717) is 45.8 Å². The lowest BCUT2D eigenvalue weighted by Gasteiger charge is -2.31. The van der Waals surface area contributed by atoms with Crippen molar-refractivity contribution in [2.24, 2.45) is 0 Å². The smallest absolute Gasteiger partial charge is 0.253 e. The Kier molecular flexibility index (Phi) is 13.2.